The van der Waals surface area contributed by atoms with Gasteiger partial charge in [0.2, 0.25) is 0 Å². The third-order valence-electron chi connectivity index (χ3n) is 5.38. The van der Waals surface area contributed by atoms with Crippen LogP contribution in [0.15, 0.2) is 0 Å². The van der Waals surface area contributed by atoms with Crippen LogP contribution in [-0.4, -0.2) is 56.7 Å². The smallest absolute Gasteiger partial charge is 0.303 e. The Kier molecular flexibility index (Phi) is 30.9. The topological polar surface area (TPSA) is 152 Å². The maximum atomic E-state index is 10.3. The van der Waals surface area contributed by atoms with E-state index in [1.807, 2.05) is 0 Å². The van der Waals surface area contributed by atoms with Crippen molar-refractivity contribution in [1.82, 2.24) is 0 Å². The predicted octanol–water partition coefficient (Wildman–Crippen LogP) is 6.27. The van der Waals surface area contributed by atoms with Crippen LogP contribution in [0.2, 0.25) is 0 Å². The molecule has 0 heterocycles. The molecule has 0 aromatic carbocycles. The molecule has 0 bridgehead atoms. The molecule has 0 atom stereocenters. The van der Waals surface area contributed by atoms with Crippen LogP contribution in [0.5, 0.6) is 0 Å². The molecule has 0 amide bonds. The van der Waals surface area contributed by atoms with Crippen molar-refractivity contribution in [1.29, 1.82) is 0 Å². The highest BCUT2D eigenvalue weighted by atomic mass is 16.4. The quantitative estimate of drug-likeness (QED) is 0.114. The number of aliphatic hydroxyl groups is 2. The largest absolute Gasteiger partial charge is 0.481 e. The fourth-order valence-corrected chi connectivity index (χ4v) is 2.90. The van der Waals surface area contributed by atoms with Crippen LogP contribution in [0.1, 0.15) is 136 Å². The summed E-state index contributed by atoms with van der Waals surface area (Å²) in [7, 11) is 0. The number of aliphatic hydroxyl groups excluding tert-OH is 2. The van der Waals surface area contributed by atoms with Gasteiger partial charge in [-0.05, 0) is 19.3 Å². The molecule has 0 saturated carbocycles. The van der Waals surface area contributed by atoms with Gasteiger partial charge >= 0.3 is 17.9 Å². The van der Waals surface area contributed by atoms with E-state index in [0.717, 1.165) is 12.8 Å². The molecule has 0 aliphatic heterocycles. The van der Waals surface area contributed by atoms with Crippen molar-refractivity contribution < 1.29 is 39.9 Å². The molecule has 8 heteroatoms. The fraction of sp³-hybridized carbons (Fsp3) is 0.889. The van der Waals surface area contributed by atoms with Crippen molar-refractivity contribution in [3.8, 4) is 0 Å². The van der Waals surface area contributed by atoms with E-state index in [2.05, 4.69) is 6.92 Å². The van der Waals surface area contributed by atoms with Gasteiger partial charge in [0.15, 0.2) is 0 Å². The summed E-state index contributed by atoms with van der Waals surface area (Å²) in [5, 5.41) is 41.6. The van der Waals surface area contributed by atoms with Gasteiger partial charge in [-0.15, -0.1) is 0 Å². The van der Waals surface area contributed by atoms with Crippen LogP contribution in [0, 0.1) is 5.41 Å². The lowest BCUT2D eigenvalue weighted by Gasteiger charge is -2.16. The second kappa shape index (κ2) is 28.6. The minimum atomic E-state index is -0.870. The molecule has 0 spiro atoms. The van der Waals surface area contributed by atoms with Crippen LogP contribution < -0.4 is 0 Å². The summed E-state index contributed by atoms with van der Waals surface area (Å²) in [4.78, 5) is 30.1. The summed E-state index contributed by atoms with van der Waals surface area (Å²) >= 11 is 0. The molecule has 0 saturated heterocycles. The summed E-state index contributed by atoms with van der Waals surface area (Å²) in [6, 6.07) is 0. The molecule has 0 aromatic rings. The number of unbranched alkanes of at least 4 members (excludes halogenated alkanes) is 13. The minimum absolute atomic E-state index is 0.0451. The van der Waals surface area contributed by atoms with Gasteiger partial charge in [-0.1, -0.05) is 97.8 Å². The van der Waals surface area contributed by atoms with Gasteiger partial charge in [0.1, 0.15) is 0 Å². The Balaban J connectivity index is -0.000000504. The minimum Gasteiger partial charge on any atom is -0.481 e. The lowest BCUT2D eigenvalue weighted by Crippen LogP contribution is -2.20. The van der Waals surface area contributed by atoms with Crippen molar-refractivity contribution >= 4 is 17.9 Å². The van der Waals surface area contributed by atoms with Gasteiger partial charge < -0.3 is 25.5 Å². The molecule has 5 N–H and O–H groups in total. The van der Waals surface area contributed by atoms with Crippen molar-refractivity contribution in [2.24, 2.45) is 5.41 Å². The van der Waals surface area contributed by atoms with E-state index in [1.165, 1.54) is 70.6 Å². The highest BCUT2D eigenvalue weighted by Gasteiger charge is 2.13. The van der Waals surface area contributed by atoms with E-state index in [0.29, 0.717) is 19.3 Å². The molecule has 0 aromatic heterocycles. The van der Waals surface area contributed by atoms with Gasteiger partial charge in [0.25, 0.3) is 0 Å². The molecule has 0 rings (SSSR count). The molecule has 0 radical (unpaired) electrons. The molecule has 0 aliphatic rings. The zero-order valence-corrected chi connectivity index (χ0v) is 22.6. The number of carboxylic acids is 3. The number of carboxylic acid groups (broad SMARTS) is 3. The zero-order valence-electron chi connectivity index (χ0n) is 22.6. The molecule has 35 heavy (non-hydrogen) atoms. The molecular weight excluding hydrogens is 452 g/mol. The highest BCUT2D eigenvalue weighted by Crippen LogP contribution is 2.13. The number of aliphatic carboxylic acids is 3. The maximum Gasteiger partial charge on any atom is 0.303 e. The predicted molar refractivity (Wildman–Crippen MR) is 140 cm³/mol. The van der Waals surface area contributed by atoms with Crippen LogP contribution in [0.3, 0.4) is 0 Å². The number of hydrogen-bond acceptors (Lipinski definition) is 5. The standard InChI is InChI=1S/C16H32O2.C6H10O4.C5H12O2/c1-2-3-4-5-6-7-8-9-10-11-12-13-14-15-16(17)18;7-5(8)3-1-2-4-6(9)10;1-5(2,3-6)4-7/h2-15H2,1H3,(H,17,18);1-4H2,(H,7,8)(H,9,10);6-7H,3-4H2,1-2H3. The second-order valence-electron chi connectivity index (χ2n) is 9.86. The SMILES string of the molecule is CC(C)(CO)CO.CCCCCCCCCCCCCCCC(=O)O.O=C(O)CCCCC(=O)O. The molecule has 210 valence electrons. The monoisotopic (exact) mass is 506 g/mol. The Bertz CT molecular complexity index is 470. The third kappa shape index (κ3) is 42.9. The normalized spacial score (nSPS) is 10.5. The van der Waals surface area contributed by atoms with Crippen molar-refractivity contribution in [3.63, 3.8) is 0 Å². The molecule has 0 aliphatic carbocycles. The Morgan fingerprint density at radius 1 is 0.486 bits per heavy atom. The van der Waals surface area contributed by atoms with E-state index >= 15 is 0 Å². The average Bonchev–Trinajstić information content (AvgIpc) is 2.80. The van der Waals surface area contributed by atoms with Crippen molar-refractivity contribution in [2.45, 2.75) is 136 Å². The van der Waals surface area contributed by atoms with Crippen LogP contribution in [0.25, 0.3) is 0 Å². The second-order valence-corrected chi connectivity index (χ2v) is 9.86. The molecule has 0 fully saturated rings. The Hall–Kier alpha value is -1.67. The average molecular weight is 507 g/mol. The van der Waals surface area contributed by atoms with E-state index in [-0.39, 0.29) is 31.5 Å². The van der Waals surface area contributed by atoms with Crippen LogP contribution in [-0.2, 0) is 14.4 Å². The number of rotatable bonds is 21. The summed E-state index contributed by atoms with van der Waals surface area (Å²) in [5.74, 6) is -2.39. The van der Waals surface area contributed by atoms with Gasteiger partial charge in [-0.2, -0.15) is 0 Å². The number of hydrogen-bond donors (Lipinski definition) is 5. The maximum absolute atomic E-state index is 10.3. The van der Waals surface area contributed by atoms with E-state index in [1.54, 1.807) is 13.8 Å². The number of carbonyl (C=O) groups is 3. The molecule has 8 nitrogen and oxygen atoms in total. The zero-order chi connectivity index (χ0) is 27.4. The van der Waals surface area contributed by atoms with Crippen molar-refractivity contribution in [2.75, 3.05) is 13.2 Å². The van der Waals surface area contributed by atoms with E-state index < -0.39 is 17.9 Å². The fourth-order valence-electron chi connectivity index (χ4n) is 2.90. The molecule has 0 unspecified atom stereocenters. The van der Waals surface area contributed by atoms with E-state index in [9.17, 15) is 14.4 Å². The first-order chi connectivity index (χ1) is 16.5. The van der Waals surface area contributed by atoms with Gasteiger partial charge in [0.05, 0.1) is 13.2 Å². The Morgan fingerprint density at radius 2 is 0.714 bits per heavy atom. The summed E-state index contributed by atoms with van der Waals surface area (Å²) in [6.45, 7) is 5.95. The third-order valence-corrected chi connectivity index (χ3v) is 5.38. The lowest BCUT2D eigenvalue weighted by atomic mass is 9.97. The van der Waals surface area contributed by atoms with E-state index in [4.69, 9.17) is 25.5 Å². The summed E-state index contributed by atoms with van der Waals surface area (Å²) < 4.78 is 0. The Morgan fingerprint density at radius 3 is 0.914 bits per heavy atom. The van der Waals surface area contributed by atoms with Gasteiger partial charge in [-0.3, -0.25) is 14.4 Å². The van der Waals surface area contributed by atoms with Crippen LogP contribution >= 0.6 is 0 Å². The van der Waals surface area contributed by atoms with Gasteiger partial charge in [0, 0.05) is 24.7 Å². The first kappa shape index (κ1) is 37.9. The van der Waals surface area contributed by atoms with Crippen molar-refractivity contribution in [3.05, 3.63) is 0 Å². The van der Waals surface area contributed by atoms with Gasteiger partial charge in [-0.25, -0.2) is 0 Å². The first-order valence-electron chi connectivity index (χ1n) is 13.4. The highest BCUT2D eigenvalue weighted by molar-refractivity contribution is 5.68. The first-order valence-corrected chi connectivity index (χ1v) is 13.4. The summed E-state index contributed by atoms with van der Waals surface area (Å²) in [6.07, 6.45) is 18.3. The lowest BCUT2D eigenvalue weighted by molar-refractivity contribution is -0.139. The Labute approximate surface area is 213 Å². The van der Waals surface area contributed by atoms with Crippen LogP contribution in [0.4, 0.5) is 0 Å². The molecular formula is C27H54O8. The summed E-state index contributed by atoms with van der Waals surface area (Å²) in [5.41, 5.74) is -0.306.